The van der Waals surface area contributed by atoms with Crippen LogP contribution in [0, 0.1) is 0 Å². The SMILES string of the molecule is O=C1Cc2ccccc2/C1=C\c1cccn1-c1ccc(OC(F)(F)F)cc1. The summed E-state index contributed by atoms with van der Waals surface area (Å²) in [6.07, 6.45) is -0.737. The number of benzene rings is 2. The zero-order valence-corrected chi connectivity index (χ0v) is 14.0. The summed E-state index contributed by atoms with van der Waals surface area (Å²) in [7, 11) is 0. The molecule has 6 heteroatoms. The zero-order valence-electron chi connectivity index (χ0n) is 14.0. The second-order valence-electron chi connectivity index (χ2n) is 6.16. The van der Waals surface area contributed by atoms with E-state index in [0.29, 0.717) is 17.7 Å². The minimum atomic E-state index is -4.72. The summed E-state index contributed by atoms with van der Waals surface area (Å²) in [6, 6.07) is 16.9. The predicted octanol–water partition coefficient (Wildman–Crippen LogP) is 5.04. The number of carbonyl (C=O) groups excluding carboxylic acids is 1. The van der Waals surface area contributed by atoms with Crippen molar-refractivity contribution in [2.24, 2.45) is 0 Å². The second-order valence-corrected chi connectivity index (χ2v) is 6.16. The number of ketones is 1. The van der Waals surface area contributed by atoms with Crippen LogP contribution in [0.4, 0.5) is 13.2 Å². The molecule has 0 N–H and O–H groups in total. The molecule has 0 radical (unpaired) electrons. The lowest BCUT2D eigenvalue weighted by molar-refractivity contribution is -0.274. The number of halogens is 3. The Morgan fingerprint density at radius 1 is 0.963 bits per heavy atom. The van der Waals surface area contributed by atoms with E-state index in [4.69, 9.17) is 0 Å². The number of rotatable bonds is 3. The number of fused-ring (bicyclic) bond motifs is 1. The topological polar surface area (TPSA) is 31.2 Å². The lowest BCUT2D eigenvalue weighted by atomic mass is 10.1. The number of ether oxygens (including phenoxy) is 1. The third kappa shape index (κ3) is 3.51. The highest BCUT2D eigenvalue weighted by Gasteiger charge is 2.31. The van der Waals surface area contributed by atoms with E-state index in [1.807, 2.05) is 42.5 Å². The lowest BCUT2D eigenvalue weighted by Crippen LogP contribution is -2.17. The van der Waals surface area contributed by atoms with Gasteiger partial charge in [-0.3, -0.25) is 4.79 Å². The van der Waals surface area contributed by atoms with E-state index in [1.165, 1.54) is 24.3 Å². The minimum absolute atomic E-state index is 0.0536. The van der Waals surface area contributed by atoms with Crippen LogP contribution in [-0.2, 0) is 11.2 Å². The van der Waals surface area contributed by atoms with E-state index >= 15 is 0 Å². The fraction of sp³-hybridized carbons (Fsp3) is 0.0952. The zero-order chi connectivity index (χ0) is 19.0. The maximum Gasteiger partial charge on any atom is 0.573 e. The van der Waals surface area contributed by atoms with Crippen LogP contribution in [0.15, 0.2) is 66.9 Å². The molecule has 0 atom stereocenters. The Hall–Kier alpha value is -3.28. The largest absolute Gasteiger partial charge is 0.573 e. The first kappa shape index (κ1) is 17.1. The van der Waals surface area contributed by atoms with E-state index in [-0.39, 0.29) is 11.5 Å². The molecule has 1 heterocycles. The summed E-state index contributed by atoms with van der Waals surface area (Å²) in [6.45, 7) is 0. The van der Waals surface area contributed by atoms with Gasteiger partial charge >= 0.3 is 6.36 Å². The molecule has 136 valence electrons. The number of alkyl halides is 3. The number of Topliss-reactive ketones (excluding diaryl/α,β-unsaturated/α-hetero) is 1. The van der Waals surface area contributed by atoms with Crippen molar-refractivity contribution in [3.8, 4) is 11.4 Å². The molecule has 27 heavy (non-hydrogen) atoms. The van der Waals surface area contributed by atoms with Gasteiger partial charge in [-0.25, -0.2) is 0 Å². The molecule has 1 aromatic heterocycles. The lowest BCUT2D eigenvalue weighted by Gasteiger charge is -2.11. The van der Waals surface area contributed by atoms with Crippen LogP contribution in [0.1, 0.15) is 16.8 Å². The Kier molecular flexibility index (Phi) is 4.11. The van der Waals surface area contributed by atoms with Crippen LogP contribution >= 0.6 is 0 Å². The summed E-state index contributed by atoms with van der Waals surface area (Å²) in [4.78, 5) is 12.4. The molecular formula is C21H14F3NO2. The molecular weight excluding hydrogens is 355 g/mol. The molecule has 2 aromatic carbocycles. The smallest absolute Gasteiger partial charge is 0.406 e. The molecule has 0 aliphatic heterocycles. The highest BCUT2D eigenvalue weighted by atomic mass is 19.4. The molecule has 3 nitrogen and oxygen atoms in total. The van der Waals surface area contributed by atoms with Crippen molar-refractivity contribution in [3.05, 3.63) is 83.7 Å². The van der Waals surface area contributed by atoms with E-state index in [9.17, 15) is 18.0 Å². The Labute approximate surface area is 153 Å². The molecule has 1 aliphatic rings. The summed E-state index contributed by atoms with van der Waals surface area (Å²) >= 11 is 0. The minimum Gasteiger partial charge on any atom is -0.406 e. The molecule has 0 amide bonds. The maximum absolute atomic E-state index is 12.4. The van der Waals surface area contributed by atoms with Gasteiger partial charge < -0.3 is 9.30 Å². The Balaban J connectivity index is 1.67. The van der Waals surface area contributed by atoms with E-state index in [1.54, 1.807) is 10.8 Å². The van der Waals surface area contributed by atoms with Crippen LogP contribution in [0.5, 0.6) is 5.75 Å². The number of nitrogens with zero attached hydrogens (tertiary/aromatic N) is 1. The van der Waals surface area contributed by atoms with Crippen molar-refractivity contribution < 1.29 is 22.7 Å². The van der Waals surface area contributed by atoms with Crippen LogP contribution in [0.3, 0.4) is 0 Å². The normalized spacial score (nSPS) is 15.2. The molecule has 0 saturated heterocycles. The standard InChI is InChI=1S/C21H14F3NO2/c22-21(23,24)27-17-9-7-15(8-10-17)25-11-3-5-16(25)13-19-18-6-2-1-4-14(18)12-20(19)26/h1-11,13H,12H2/b19-13+. The molecule has 0 bridgehead atoms. The summed E-state index contributed by atoms with van der Waals surface area (Å²) < 4.78 is 42.6. The highest BCUT2D eigenvalue weighted by Crippen LogP contribution is 2.31. The summed E-state index contributed by atoms with van der Waals surface area (Å²) in [5, 5.41) is 0. The van der Waals surface area contributed by atoms with Gasteiger partial charge in [0.1, 0.15) is 5.75 Å². The van der Waals surface area contributed by atoms with E-state index < -0.39 is 6.36 Å². The van der Waals surface area contributed by atoms with Crippen LogP contribution < -0.4 is 4.74 Å². The monoisotopic (exact) mass is 369 g/mol. The van der Waals surface area contributed by atoms with Gasteiger partial charge in [0.15, 0.2) is 5.78 Å². The Morgan fingerprint density at radius 2 is 1.70 bits per heavy atom. The molecule has 0 spiro atoms. The number of hydrogen-bond acceptors (Lipinski definition) is 2. The predicted molar refractivity (Wildman–Crippen MR) is 95.5 cm³/mol. The average Bonchev–Trinajstić information content (AvgIpc) is 3.20. The molecule has 0 unspecified atom stereocenters. The summed E-state index contributed by atoms with van der Waals surface area (Å²) in [5.41, 5.74) is 3.99. The number of carbonyl (C=O) groups is 1. The molecule has 1 aliphatic carbocycles. The van der Waals surface area contributed by atoms with Gasteiger partial charge in [-0.15, -0.1) is 13.2 Å². The van der Waals surface area contributed by atoms with Crippen molar-refractivity contribution >= 4 is 17.4 Å². The van der Waals surface area contributed by atoms with Crippen LogP contribution in [0.2, 0.25) is 0 Å². The van der Waals surface area contributed by atoms with Gasteiger partial charge in [-0.2, -0.15) is 0 Å². The fourth-order valence-electron chi connectivity index (χ4n) is 3.22. The van der Waals surface area contributed by atoms with Crippen molar-refractivity contribution in [1.82, 2.24) is 4.57 Å². The molecule has 4 rings (SSSR count). The third-order valence-corrected chi connectivity index (χ3v) is 4.38. The van der Waals surface area contributed by atoms with Gasteiger partial charge in [-0.05, 0) is 53.6 Å². The Morgan fingerprint density at radius 3 is 2.44 bits per heavy atom. The van der Waals surface area contributed by atoms with Gasteiger partial charge in [-0.1, -0.05) is 24.3 Å². The Bertz CT molecular complexity index is 1030. The number of allylic oxidation sites excluding steroid dienone is 1. The number of hydrogen-bond donors (Lipinski definition) is 0. The maximum atomic E-state index is 12.4. The van der Waals surface area contributed by atoms with Crippen molar-refractivity contribution in [1.29, 1.82) is 0 Å². The van der Waals surface area contributed by atoms with E-state index in [0.717, 1.165) is 16.8 Å². The first-order chi connectivity index (χ1) is 12.9. The molecule has 0 fully saturated rings. The van der Waals surface area contributed by atoms with Crippen molar-refractivity contribution in [2.75, 3.05) is 0 Å². The van der Waals surface area contributed by atoms with Crippen molar-refractivity contribution in [2.45, 2.75) is 12.8 Å². The first-order valence-corrected chi connectivity index (χ1v) is 8.27. The third-order valence-electron chi connectivity index (χ3n) is 4.38. The first-order valence-electron chi connectivity index (χ1n) is 8.27. The fourth-order valence-corrected chi connectivity index (χ4v) is 3.22. The van der Waals surface area contributed by atoms with Crippen molar-refractivity contribution in [3.63, 3.8) is 0 Å². The molecule has 3 aromatic rings. The van der Waals surface area contributed by atoms with Gasteiger partial charge in [0.25, 0.3) is 0 Å². The highest BCUT2D eigenvalue weighted by molar-refractivity contribution is 6.29. The van der Waals surface area contributed by atoms with Gasteiger partial charge in [0, 0.05) is 29.6 Å². The van der Waals surface area contributed by atoms with E-state index in [2.05, 4.69) is 4.74 Å². The van der Waals surface area contributed by atoms with Gasteiger partial charge in [0.2, 0.25) is 0 Å². The van der Waals surface area contributed by atoms with Crippen LogP contribution in [-0.4, -0.2) is 16.7 Å². The molecule has 0 saturated carbocycles. The van der Waals surface area contributed by atoms with Gasteiger partial charge in [0.05, 0.1) is 0 Å². The van der Waals surface area contributed by atoms with Crippen LogP contribution in [0.25, 0.3) is 17.3 Å². The quantitative estimate of drug-likeness (QED) is 0.606. The average molecular weight is 369 g/mol. The second kappa shape index (κ2) is 6.46. The summed E-state index contributed by atoms with van der Waals surface area (Å²) in [5.74, 6) is -0.226. The number of aromatic nitrogens is 1.